The number of nitrogens with one attached hydrogen (secondary N) is 2. The molecule has 0 saturated carbocycles. The van der Waals surface area contributed by atoms with Gasteiger partial charge in [-0.25, -0.2) is 4.98 Å². The first-order valence-corrected chi connectivity index (χ1v) is 9.61. The van der Waals surface area contributed by atoms with E-state index in [-0.39, 0.29) is 5.91 Å². The zero-order valence-electron chi connectivity index (χ0n) is 15.3. The molecule has 1 saturated heterocycles. The lowest BCUT2D eigenvalue weighted by molar-refractivity contribution is 0.0383. The summed E-state index contributed by atoms with van der Waals surface area (Å²) in [6.45, 7) is 5.56. The fourth-order valence-electron chi connectivity index (χ4n) is 2.95. The highest BCUT2D eigenvalue weighted by molar-refractivity contribution is 6.30. The van der Waals surface area contributed by atoms with Gasteiger partial charge in [-0.2, -0.15) is 0 Å². The number of carbonyl (C=O) groups is 1. The van der Waals surface area contributed by atoms with Gasteiger partial charge in [-0.1, -0.05) is 23.7 Å². The number of nitrogens with zero attached hydrogens (tertiary/aromatic N) is 2. The minimum Gasteiger partial charge on any atom is -0.379 e. The third-order valence-corrected chi connectivity index (χ3v) is 4.68. The van der Waals surface area contributed by atoms with E-state index < -0.39 is 0 Å². The van der Waals surface area contributed by atoms with Crippen LogP contribution < -0.4 is 10.6 Å². The zero-order chi connectivity index (χ0) is 18.9. The molecule has 0 aliphatic carbocycles. The molecule has 1 amide bonds. The number of hydrogen-bond donors (Lipinski definition) is 2. The normalized spacial score (nSPS) is 14.7. The van der Waals surface area contributed by atoms with Crippen LogP contribution in [0.3, 0.4) is 0 Å². The van der Waals surface area contributed by atoms with Gasteiger partial charge in [-0.15, -0.1) is 0 Å². The van der Waals surface area contributed by atoms with Gasteiger partial charge < -0.3 is 15.4 Å². The van der Waals surface area contributed by atoms with E-state index >= 15 is 0 Å². The predicted molar refractivity (Wildman–Crippen MR) is 107 cm³/mol. The minimum absolute atomic E-state index is 0.0800. The van der Waals surface area contributed by atoms with Gasteiger partial charge in [0.05, 0.1) is 13.2 Å². The summed E-state index contributed by atoms with van der Waals surface area (Å²) < 4.78 is 5.33. The fourth-order valence-corrected chi connectivity index (χ4v) is 3.16. The van der Waals surface area contributed by atoms with Crippen LogP contribution in [0.1, 0.15) is 15.9 Å². The van der Waals surface area contributed by atoms with E-state index in [9.17, 15) is 4.79 Å². The van der Waals surface area contributed by atoms with Crippen LogP contribution >= 0.6 is 11.6 Å². The van der Waals surface area contributed by atoms with Crippen molar-refractivity contribution in [3.63, 3.8) is 0 Å². The van der Waals surface area contributed by atoms with Crippen molar-refractivity contribution in [2.24, 2.45) is 0 Å². The number of rotatable bonds is 8. The van der Waals surface area contributed by atoms with Crippen LogP contribution in [0, 0.1) is 0 Å². The molecular formula is C20H25ClN4O2. The largest absolute Gasteiger partial charge is 0.379 e. The van der Waals surface area contributed by atoms with E-state index in [2.05, 4.69) is 20.5 Å². The summed E-state index contributed by atoms with van der Waals surface area (Å²) in [5, 5.41) is 6.97. The number of benzene rings is 1. The Balaban J connectivity index is 1.43. The molecule has 0 radical (unpaired) electrons. The lowest BCUT2D eigenvalue weighted by Crippen LogP contribution is -2.41. The van der Waals surface area contributed by atoms with Crippen LogP contribution in [-0.2, 0) is 11.2 Å². The highest BCUT2D eigenvalue weighted by Gasteiger charge is 2.11. The molecule has 1 fully saturated rings. The number of pyridine rings is 1. The maximum atomic E-state index is 12.3. The standard InChI is InChI=1S/C20H25ClN4O2/c21-18-3-1-2-16(14-18)4-6-22-19-15-17(5-7-23-19)20(26)24-8-9-25-10-12-27-13-11-25/h1-3,5,7,14-15H,4,6,8-13H2,(H,22,23)(H,24,26). The van der Waals surface area contributed by atoms with E-state index in [0.29, 0.717) is 17.9 Å². The van der Waals surface area contributed by atoms with Crippen LogP contribution in [0.4, 0.5) is 5.82 Å². The molecule has 1 aliphatic heterocycles. The van der Waals surface area contributed by atoms with Gasteiger partial charge >= 0.3 is 0 Å². The number of hydrogen-bond acceptors (Lipinski definition) is 5. The van der Waals surface area contributed by atoms with Crippen molar-refractivity contribution in [2.45, 2.75) is 6.42 Å². The van der Waals surface area contributed by atoms with E-state index in [0.717, 1.165) is 56.4 Å². The van der Waals surface area contributed by atoms with Crippen LogP contribution in [-0.4, -0.2) is 61.7 Å². The molecule has 1 aromatic heterocycles. The van der Waals surface area contributed by atoms with Gasteiger partial charge in [-0.3, -0.25) is 9.69 Å². The average Bonchev–Trinajstić information content (AvgIpc) is 2.69. The summed E-state index contributed by atoms with van der Waals surface area (Å²) in [6.07, 6.45) is 2.48. The molecule has 0 atom stereocenters. The SMILES string of the molecule is O=C(NCCN1CCOCC1)c1ccnc(NCCc2cccc(Cl)c2)c1. The van der Waals surface area contributed by atoms with Crippen molar-refractivity contribution in [3.05, 3.63) is 58.7 Å². The van der Waals surface area contributed by atoms with E-state index in [1.807, 2.05) is 24.3 Å². The van der Waals surface area contributed by atoms with Gasteiger partial charge in [0.15, 0.2) is 0 Å². The Kier molecular flexibility index (Phi) is 7.45. The molecule has 7 heteroatoms. The summed E-state index contributed by atoms with van der Waals surface area (Å²) in [6, 6.07) is 11.3. The molecule has 6 nitrogen and oxygen atoms in total. The topological polar surface area (TPSA) is 66.5 Å². The number of ether oxygens (including phenoxy) is 1. The summed E-state index contributed by atoms with van der Waals surface area (Å²) in [7, 11) is 0. The van der Waals surface area contributed by atoms with Crippen LogP contribution in [0.2, 0.25) is 5.02 Å². The first-order chi connectivity index (χ1) is 13.2. The monoisotopic (exact) mass is 388 g/mol. The Morgan fingerprint density at radius 2 is 2.04 bits per heavy atom. The zero-order valence-corrected chi connectivity index (χ0v) is 16.0. The van der Waals surface area contributed by atoms with Crippen LogP contribution in [0.15, 0.2) is 42.6 Å². The van der Waals surface area contributed by atoms with E-state index in [1.54, 1.807) is 18.3 Å². The van der Waals surface area contributed by atoms with Crippen molar-refractivity contribution in [3.8, 4) is 0 Å². The molecule has 0 spiro atoms. The molecule has 1 aromatic carbocycles. The molecule has 0 bridgehead atoms. The van der Waals surface area contributed by atoms with Crippen molar-refractivity contribution in [2.75, 3.05) is 51.3 Å². The highest BCUT2D eigenvalue weighted by Crippen LogP contribution is 2.12. The minimum atomic E-state index is -0.0800. The lowest BCUT2D eigenvalue weighted by Gasteiger charge is -2.26. The van der Waals surface area contributed by atoms with Crippen LogP contribution in [0.25, 0.3) is 0 Å². The summed E-state index contributed by atoms with van der Waals surface area (Å²) in [5.41, 5.74) is 1.77. The molecule has 2 N–H and O–H groups in total. The van der Waals surface area contributed by atoms with Gasteiger partial charge in [0.25, 0.3) is 5.91 Å². The van der Waals surface area contributed by atoms with Crippen molar-refractivity contribution in [1.29, 1.82) is 0 Å². The molecule has 0 unspecified atom stereocenters. The molecule has 27 heavy (non-hydrogen) atoms. The van der Waals surface area contributed by atoms with Crippen LogP contribution in [0.5, 0.6) is 0 Å². The lowest BCUT2D eigenvalue weighted by atomic mass is 10.1. The Morgan fingerprint density at radius 3 is 2.85 bits per heavy atom. The molecular weight excluding hydrogens is 364 g/mol. The number of morpholine rings is 1. The fraction of sp³-hybridized carbons (Fsp3) is 0.400. The number of halogens is 1. The Labute approximate surface area is 164 Å². The first-order valence-electron chi connectivity index (χ1n) is 9.23. The molecule has 144 valence electrons. The van der Waals surface area contributed by atoms with Crippen molar-refractivity contribution < 1.29 is 9.53 Å². The van der Waals surface area contributed by atoms with Gasteiger partial charge in [0.2, 0.25) is 0 Å². The molecule has 3 rings (SSSR count). The first kappa shape index (κ1) is 19.6. The predicted octanol–water partition coefficient (Wildman–Crippen LogP) is 2.45. The number of amides is 1. The number of carbonyl (C=O) groups excluding carboxylic acids is 1. The third-order valence-electron chi connectivity index (χ3n) is 4.45. The maximum absolute atomic E-state index is 12.3. The van der Waals surface area contributed by atoms with Gasteiger partial charge in [0, 0.05) is 49.5 Å². The number of anilines is 1. The Hall–Kier alpha value is -2.15. The second kappa shape index (κ2) is 10.3. The molecule has 2 aromatic rings. The summed E-state index contributed by atoms with van der Waals surface area (Å²) in [4.78, 5) is 18.9. The highest BCUT2D eigenvalue weighted by atomic mass is 35.5. The van der Waals surface area contributed by atoms with E-state index in [4.69, 9.17) is 16.3 Å². The molecule has 1 aliphatic rings. The van der Waals surface area contributed by atoms with Gasteiger partial charge in [-0.05, 0) is 36.2 Å². The third kappa shape index (κ3) is 6.50. The second-order valence-electron chi connectivity index (χ2n) is 6.45. The second-order valence-corrected chi connectivity index (χ2v) is 6.88. The Morgan fingerprint density at radius 1 is 1.19 bits per heavy atom. The quantitative estimate of drug-likeness (QED) is 0.727. The number of aromatic nitrogens is 1. The summed E-state index contributed by atoms with van der Waals surface area (Å²) in [5.74, 6) is 0.612. The van der Waals surface area contributed by atoms with Crippen molar-refractivity contribution in [1.82, 2.24) is 15.2 Å². The van der Waals surface area contributed by atoms with E-state index in [1.165, 1.54) is 0 Å². The average molecular weight is 389 g/mol. The summed E-state index contributed by atoms with van der Waals surface area (Å²) >= 11 is 6.00. The smallest absolute Gasteiger partial charge is 0.251 e. The maximum Gasteiger partial charge on any atom is 0.251 e. The van der Waals surface area contributed by atoms with Crippen molar-refractivity contribution >= 4 is 23.3 Å². The van der Waals surface area contributed by atoms with Gasteiger partial charge in [0.1, 0.15) is 5.82 Å². The molecule has 2 heterocycles. The Bertz CT molecular complexity index is 750.